The maximum atomic E-state index is 13.3. The number of aromatic carboxylic acids is 1. The minimum absolute atomic E-state index is 0.234. The van der Waals surface area contributed by atoms with Crippen molar-refractivity contribution >= 4 is 5.97 Å². The first kappa shape index (κ1) is 22.6. The molecule has 1 unspecified atom stereocenters. The Morgan fingerprint density at radius 3 is 2.65 bits per heavy atom. The van der Waals surface area contributed by atoms with Crippen LogP contribution >= 0.6 is 0 Å². The van der Waals surface area contributed by atoms with Crippen LogP contribution in [0.4, 0.5) is 4.39 Å². The largest absolute Gasteiger partial charge is 0.478 e. The fourth-order valence-corrected chi connectivity index (χ4v) is 3.75. The van der Waals surface area contributed by atoms with Gasteiger partial charge in [0, 0.05) is 30.7 Å². The molecule has 0 spiro atoms. The lowest BCUT2D eigenvalue weighted by Gasteiger charge is -2.17. The van der Waals surface area contributed by atoms with E-state index in [4.69, 9.17) is 0 Å². The standard InChI is InChI=1S/C24H29FN4O2/c1-4-5-16(2)22-13-27-23(29(22)15-18-6-8-20(25)9-7-18)14-26-12-21-11-19(24(30)31)10-17(3)28-21/h6-11,13,16,26H,4-5,12,14-15H2,1-3H3,(H,30,31). The predicted molar refractivity (Wildman–Crippen MR) is 118 cm³/mol. The first-order valence-corrected chi connectivity index (χ1v) is 10.6. The lowest BCUT2D eigenvalue weighted by Crippen LogP contribution is -2.19. The maximum Gasteiger partial charge on any atom is 0.335 e. The number of carbonyl (C=O) groups is 1. The SMILES string of the molecule is CCCC(C)c1cnc(CNCc2cc(C(=O)O)cc(C)n2)n1Cc1ccc(F)cc1. The van der Waals surface area contributed by atoms with Gasteiger partial charge in [-0.2, -0.15) is 0 Å². The highest BCUT2D eigenvalue weighted by atomic mass is 19.1. The Labute approximate surface area is 182 Å². The molecule has 6 nitrogen and oxygen atoms in total. The quantitative estimate of drug-likeness (QED) is 0.495. The first-order chi connectivity index (χ1) is 14.9. The van der Waals surface area contributed by atoms with Crippen LogP contribution in [0.15, 0.2) is 42.6 Å². The van der Waals surface area contributed by atoms with Gasteiger partial charge in [-0.15, -0.1) is 0 Å². The summed E-state index contributed by atoms with van der Waals surface area (Å²) < 4.78 is 15.5. The van der Waals surface area contributed by atoms with Gasteiger partial charge in [-0.3, -0.25) is 4.98 Å². The van der Waals surface area contributed by atoms with E-state index in [0.29, 0.717) is 36.9 Å². The number of aromatic nitrogens is 3. The van der Waals surface area contributed by atoms with Crippen molar-refractivity contribution in [2.24, 2.45) is 0 Å². The molecule has 1 atom stereocenters. The number of carboxylic acids is 1. The lowest BCUT2D eigenvalue weighted by atomic mass is 10.0. The number of nitrogens with zero attached hydrogens (tertiary/aromatic N) is 3. The van der Waals surface area contributed by atoms with Gasteiger partial charge in [0.15, 0.2) is 0 Å². The summed E-state index contributed by atoms with van der Waals surface area (Å²) in [7, 11) is 0. The Kier molecular flexibility index (Phi) is 7.52. The molecule has 2 N–H and O–H groups in total. The number of hydrogen-bond acceptors (Lipinski definition) is 4. The Balaban J connectivity index is 1.77. The summed E-state index contributed by atoms with van der Waals surface area (Å²) in [6, 6.07) is 9.69. The van der Waals surface area contributed by atoms with Crippen LogP contribution < -0.4 is 5.32 Å². The van der Waals surface area contributed by atoms with Crippen LogP contribution in [0.3, 0.4) is 0 Å². The minimum Gasteiger partial charge on any atom is -0.478 e. The Hall–Kier alpha value is -3.06. The molecule has 31 heavy (non-hydrogen) atoms. The summed E-state index contributed by atoms with van der Waals surface area (Å²) in [5, 5.41) is 12.6. The van der Waals surface area contributed by atoms with E-state index in [1.165, 1.54) is 12.1 Å². The second-order valence-electron chi connectivity index (χ2n) is 7.90. The zero-order valence-corrected chi connectivity index (χ0v) is 18.2. The van der Waals surface area contributed by atoms with E-state index in [1.54, 1.807) is 31.2 Å². The van der Waals surface area contributed by atoms with E-state index in [1.807, 2.05) is 6.20 Å². The molecule has 0 radical (unpaired) electrons. The van der Waals surface area contributed by atoms with E-state index >= 15 is 0 Å². The number of carboxylic acid groups (broad SMARTS) is 1. The van der Waals surface area contributed by atoms with Gasteiger partial charge in [-0.25, -0.2) is 14.2 Å². The second-order valence-corrected chi connectivity index (χ2v) is 7.90. The van der Waals surface area contributed by atoms with Crippen molar-refractivity contribution in [2.75, 3.05) is 0 Å². The van der Waals surface area contributed by atoms with Gasteiger partial charge in [-0.05, 0) is 49.1 Å². The summed E-state index contributed by atoms with van der Waals surface area (Å²) in [5.41, 5.74) is 3.75. The van der Waals surface area contributed by atoms with Gasteiger partial charge in [0.2, 0.25) is 0 Å². The Bertz CT molecular complexity index is 1030. The molecule has 0 aliphatic rings. The van der Waals surface area contributed by atoms with Crippen molar-refractivity contribution < 1.29 is 14.3 Å². The number of aryl methyl sites for hydroxylation is 1. The molecule has 0 saturated carbocycles. The normalized spacial score (nSPS) is 12.1. The molecule has 7 heteroatoms. The molecule has 164 valence electrons. The summed E-state index contributed by atoms with van der Waals surface area (Å²) in [6.45, 7) is 7.71. The smallest absolute Gasteiger partial charge is 0.335 e. The molecule has 0 aliphatic carbocycles. The number of imidazole rings is 1. The highest BCUT2D eigenvalue weighted by molar-refractivity contribution is 5.87. The van der Waals surface area contributed by atoms with Gasteiger partial charge in [0.25, 0.3) is 0 Å². The zero-order chi connectivity index (χ0) is 22.4. The van der Waals surface area contributed by atoms with Crippen LogP contribution in [0.25, 0.3) is 0 Å². The minimum atomic E-state index is -0.962. The van der Waals surface area contributed by atoms with Crippen molar-refractivity contribution in [1.82, 2.24) is 19.9 Å². The Morgan fingerprint density at radius 1 is 1.23 bits per heavy atom. The number of pyridine rings is 1. The van der Waals surface area contributed by atoms with Gasteiger partial charge in [0.1, 0.15) is 11.6 Å². The van der Waals surface area contributed by atoms with Crippen molar-refractivity contribution in [2.45, 2.75) is 59.2 Å². The molecule has 1 aromatic carbocycles. The average Bonchev–Trinajstić information content (AvgIpc) is 3.12. The summed E-state index contributed by atoms with van der Waals surface area (Å²) >= 11 is 0. The fraction of sp³-hybridized carbons (Fsp3) is 0.375. The molecule has 2 heterocycles. The molecule has 0 aliphatic heterocycles. The molecule has 2 aromatic heterocycles. The molecule has 0 amide bonds. The highest BCUT2D eigenvalue weighted by Crippen LogP contribution is 2.23. The number of halogens is 1. The summed E-state index contributed by atoms with van der Waals surface area (Å²) in [4.78, 5) is 20.3. The van der Waals surface area contributed by atoms with Crippen LogP contribution in [0.1, 0.15) is 71.4 Å². The number of benzene rings is 1. The number of rotatable bonds is 10. The van der Waals surface area contributed by atoms with E-state index < -0.39 is 5.97 Å². The average molecular weight is 425 g/mol. The van der Waals surface area contributed by atoms with Gasteiger partial charge < -0.3 is 15.0 Å². The predicted octanol–water partition coefficient (Wildman–Crippen LogP) is 4.67. The molecule has 0 fully saturated rings. The van der Waals surface area contributed by atoms with Crippen molar-refractivity contribution in [3.05, 3.63) is 82.4 Å². The van der Waals surface area contributed by atoms with Crippen LogP contribution in [-0.4, -0.2) is 25.6 Å². The number of nitrogens with one attached hydrogen (secondary N) is 1. The molecular weight excluding hydrogens is 395 g/mol. The van der Waals surface area contributed by atoms with Gasteiger partial charge >= 0.3 is 5.97 Å². The van der Waals surface area contributed by atoms with E-state index in [0.717, 1.165) is 29.9 Å². The van der Waals surface area contributed by atoms with E-state index in [-0.39, 0.29) is 11.4 Å². The molecule has 3 rings (SSSR count). The van der Waals surface area contributed by atoms with Crippen LogP contribution in [0, 0.1) is 12.7 Å². The van der Waals surface area contributed by atoms with Crippen molar-refractivity contribution in [3.63, 3.8) is 0 Å². The fourth-order valence-electron chi connectivity index (χ4n) is 3.75. The van der Waals surface area contributed by atoms with Crippen LogP contribution in [0.2, 0.25) is 0 Å². The Morgan fingerprint density at radius 2 is 1.97 bits per heavy atom. The molecule has 3 aromatic rings. The van der Waals surface area contributed by atoms with Crippen LogP contribution in [0.5, 0.6) is 0 Å². The number of hydrogen-bond donors (Lipinski definition) is 2. The van der Waals surface area contributed by atoms with Gasteiger partial charge in [-0.1, -0.05) is 32.4 Å². The topological polar surface area (TPSA) is 80.0 Å². The van der Waals surface area contributed by atoms with Crippen molar-refractivity contribution in [1.29, 1.82) is 0 Å². The third kappa shape index (κ3) is 5.98. The van der Waals surface area contributed by atoms with Crippen LogP contribution in [-0.2, 0) is 19.6 Å². The van der Waals surface area contributed by atoms with E-state index in [2.05, 4.69) is 33.7 Å². The first-order valence-electron chi connectivity index (χ1n) is 10.6. The van der Waals surface area contributed by atoms with E-state index in [9.17, 15) is 14.3 Å². The molecule has 0 bridgehead atoms. The lowest BCUT2D eigenvalue weighted by molar-refractivity contribution is 0.0696. The monoisotopic (exact) mass is 424 g/mol. The zero-order valence-electron chi connectivity index (χ0n) is 18.2. The maximum absolute atomic E-state index is 13.3. The second kappa shape index (κ2) is 10.3. The molecule has 0 saturated heterocycles. The molecular formula is C24H29FN4O2. The third-order valence-electron chi connectivity index (χ3n) is 5.29. The summed E-state index contributed by atoms with van der Waals surface area (Å²) in [6.07, 6.45) is 4.07. The highest BCUT2D eigenvalue weighted by Gasteiger charge is 2.16. The van der Waals surface area contributed by atoms with Crippen molar-refractivity contribution in [3.8, 4) is 0 Å². The summed E-state index contributed by atoms with van der Waals surface area (Å²) in [5.74, 6) is 0.0371. The van der Waals surface area contributed by atoms with Gasteiger partial charge in [0.05, 0.1) is 17.8 Å². The third-order valence-corrected chi connectivity index (χ3v) is 5.29.